The van der Waals surface area contributed by atoms with Crippen molar-refractivity contribution in [1.29, 1.82) is 0 Å². The van der Waals surface area contributed by atoms with Gasteiger partial charge in [0, 0.05) is 0 Å². The Kier molecular flexibility index (Phi) is 3.21. The van der Waals surface area contributed by atoms with Crippen molar-refractivity contribution < 1.29 is 14.3 Å². The Morgan fingerprint density at radius 3 is 2.79 bits per heavy atom. The first kappa shape index (κ1) is 12.5. The molecule has 1 fully saturated rings. The van der Waals surface area contributed by atoms with Crippen LogP contribution in [-0.4, -0.2) is 19.7 Å². The van der Waals surface area contributed by atoms with E-state index >= 15 is 0 Å². The Labute approximate surface area is 113 Å². The number of hydrogen-bond donors (Lipinski definition) is 0. The molecule has 0 aromatic heterocycles. The first-order chi connectivity index (χ1) is 9.22. The minimum absolute atomic E-state index is 0.0698. The Morgan fingerprint density at radius 2 is 2.11 bits per heavy atom. The van der Waals surface area contributed by atoms with Crippen molar-refractivity contribution in [3.05, 3.63) is 29.3 Å². The Balaban J connectivity index is 1.86. The third kappa shape index (κ3) is 2.11. The predicted octanol–water partition coefficient (Wildman–Crippen LogP) is 3.24. The lowest BCUT2D eigenvalue weighted by molar-refractivity contribution is -0.144. The molecule has 0 N–H and O–H groups in total. The first-order valence-corrected chi connectivity index (χ1v) is 7.06. The van der Waals surface area contributed by atoms with Crippen LogP contribution >= 0.6 is 0 Å². The van der Waals surface area contributed by atoms with E-state index in [1.54, 1.807) is 7.11 Å². The van der Waals surface area contributed by atoms with Gasteiger partial charge >= 0.3 is 5.97 Å². The van der Waals surface area contributed by atoms with Crippen LogP contribution in [-0.2, 0) is 9.53 Å². The highest BCUT2D eigenvalue weighted by molar-refractivity contribution is 5.71. The van der Waals surface area contributed by atoms with Crippen molar-refractivity contribution in [3.63, 3.8) is 0 Å². The van der Waals surface area contributed by atoms with E-state index in [2.05, 4.69) is 12.1 Å². The zero-order valence-electron chi connectivity index (χ0n) is 11.5. The molecule has 3 heteroatoms. The van der Waals surface area contributed by atoms with E-state index in [0.29, 0.717) is 30.8 Å². The maximum atomic E-state index is 11.8. The van der Waals surface area contributed by atoms with E-state index in [1.165, 1.54) is 24.0 Å². The summed E-state index contributed by atoms with van der Waals surface area (Å²) in [5.41, 5.74) is 2.72. The standard InChI is InChI=1S/C16H20O3/c1-3-19-16(17)9-15-11-6-10(7-11)14-8-12(18-2)4-5-13(14)15/h4-5,8,10-11,15H,3,6-7,9H2,1-2H3. The Bertz CT molecular complexity index is 489. The maximum absolute atomic E-state index is 11.8. The number of methoxy groups -OCH3 is 1. The summed E-state index contributed by atoms with van der Waals surface area (Å²) in [6.07, 6.45) is 2.94. The number of hydrogen-bond acceptors (Lipinski definition) is 3. The van der Waals surface area contributed by atoms with Crippen molar-refractivity contribution in [2.24, 2.45) is 5.92 Å². The lowest BCUT2D eigenvalue weighted by Gasteiger charge is -2.48. The number of esters is 1. The fourth-order valence-electron chi connectivity index (χ4n) is 3.55. The molecule has 0 saturated heterocycles. The van der Waals surface area contributed by atoms with Gasteiger partial charge in [0.05, 0.1) is 20.1 Å². The largest absolute Gasteiger partial charge is 0.497 e. The van der Waals surface area contributed by atoms with E-state index in [1.807, 2.05) is 13.0 Å². The summed E-state index contributed by atoms with van der Waals surface area (Å²) in [7, 11) is 1.70. The minimum atomic E-state index is -0.0698. The van der Waals surface area contributed by atoms with E-state index in [9.17, 15) is 4.79 Å². The number of benzene rings is 1. The van der Waals surface area contributed by atoms with E-state index in [0.717, 1.165) is 5.75 Å². The summed E-state index contributed by atoms with van der Waals surface area (Å²) >= 11 is 0. The second-order valence-electron chi connectivity index (χ2n) is 5.54. The molecule has 1 saturated carbocycles. The molecule has 1 atom stereocenters. The van der Waals surface area contributed by atoms with Crippen LogP contribution in [0.25, 0.3) is 0 Å². The molecule has 3 aliphatic carbocycles. The minimum Gasteiger partial charge on any atom is -0.497 e. The average Bonchev–Trinajstić information content (AvgIpc) is 2.36. The van der Waals surface area contributed by atoms with E-state index < -0.39 is 0 Å². The molecular weight excluding hydrogens is 240 g/mol. The molecule has 4 rings (SSSR count). The quantitative estimate of drug-likeness (QED) is 0.780. The molecule has 1 aromatic rings. The summed E-state index contributed by atoms with van der Waals surface area (Å²) in [5.74, 6) is 2.52. The van der Waals surface area contributed by atoms with Gasteiger partial charge in [-0.2, -0.15) is 0 Å². The first-order valence-electron chi connectivity index (χ1n) is 7.06. The van der Waals surface area contributed by atoms with Gasteiger partial charge in [-0.05, 0) is 60.8 Å². The van der Waals surface area contributed by atoms with Crippen molar-refractivity contribution in [3.8, 4) is 5.75 Å². The molecule has 2 bridgehead atoms. The smallest absolute Gasteiger partial charge is 0.306 e. The van der Waals surface area contributed by atoms with Crippen molar-refractivity contribution in [2.75, 3.05) is 13.7 Å². The SMILES string of the molecule is CCOC(=O)CC1c2ccc(OC)cc2C2CC1C2. The molecule has 0 heterocycles. The van der Waals surface area contributed by atoms with Gasteiger partial charge in [-0.25, -0.2) is 0 Å². The summed E-state index contributed by atoms with van der Waals surface area (Å²) in [6.45, 7) is 2.32. The molecule has 3 nitrogen and oxygen atoms in total. The van der Waals surface area contributed by atoms with Gasteiger partial charge in [-0.15, -0.1) is 0 Å². The molecule has 1 unspecified atom stereocenters. The van der Waals surface area contributed by atoms with E-state index in [-0.39, 0.29) is 5.97 Å². The van der Waals surface area contributed by atoms with Gasteiger partial charge in [-0.1, -0.05) is 6.07 Å². The number of ether oxygens (including phenoxy) is 2. The number of carbonyl (C=O) groups is 1. The fraction of sp³-hybridized carbons (Fsp3) is 0.562. The second-order valence-corrected chi connectivity index (χ2v) is 5.54. The van der Waals surface area contributed by atoms with Crippen LogP contribution in [0.1, 0.15) is 49.1 Å². The zero-order valence-corrected chi connectivity index (χ0v) is 11.5. The molecule has 0 spiro atoms. The zero-order chi connectivity index (χ0) is 13.4. The van der Waals surface area contributed by atoms with Crippen molar-refractivity contribution >= 4 is 5.97 Å². The molecule has 0 amide bonds. The summed E-state index contributed by atoms with van der Waals surface area (Å²) in [5, 5.41) is 0. The third-order valence-electron chi connectivity index (χ3n) is 4.57. The molecule has 1 aromatic carbocycles. The molecule has 102 valence electrons. The highest BCUT2D eigenvalue weighted by Gasteiger charge is 2.44. The number of rotatable bonds is 4. The third-order valence-corrected chi connectivity index (χ3v) is 4.57. The van der Waals surface area contributed by atoms with Crippen LogP contribution in [0, 0.1) is 5.92 Å². The highest BCUT2D eigenvalue weighted by atomic mass is 16.5. The van der Waals surface area contributed by atoms with Crippen molar-refractivity contribution in [1.82, 2.24) is 0 Å². The monoisotopic (exact) mass is 260 g/mol. The lowest BCUT2D eigenvalue weighted by atomic mass is 9.57. The summed E-state index contributed by atoms with van der Waals surface area (Å²) < 4.78 is 10.4. The topological polar surface area (TPSA) is 35.5 Å². The molecular formula is C16H20O3. The highest BCUT2D eigenvalue weighted by Crippen LogP contribution is 2.57. The predicted molar refractivity (Wildman–Crippen MR) is 72.5 cm³/mol. The normalized spacial score (nSPS) is 27.2. The molecule has 19 heavy (non-hydrogen) atoms. The molecule has 0 aliphatic heterocycles. The molecule has 0 radical (unpaired) electrons. The van der Waals surface area contributed by atoms with Gasteiger partial charge in [-0.3, -0.25) is 4.79 Å². The average molecular weight is 260 g/mol. The van der Waals surface area contributed by atoms with Crippen LogP contribution in [0.3, 0.4) is 0 Å². The lowest BCUT2D eigenvalue weighted by Crippen LogP contribution is -2.35. The van der Waals surface area contributed by atoms with Crippen LogP contribution < -0.4 is 4.74 Å². The Hall–Kier alpha value is -1.51. The summed E-state index contributed by atoms with van der Waals surface area (Å²) in [4.78, 5) is 11.8. The van der Waals surface area contributed by atoms with Crippen LogP contribution in [0.2, 0.25) is 0 Å². The summed E-state index contributed by atoms with van der Waals surface area (Å²) in [6, 6.07) is 6.28. The van der Waals surface area contributed by atoms with E-state index in [4.69, 9.17) is 9.47 Å². The van der Waals surface area contributed by atoms with Gasteiger partial charge in [0.25, 0.3) is 0 Å². The van der Waals surface area contributed by atoms with Gasteiger partial charge < -0.3 is 9.47 Å². The van der Waals surface area contributed by atoms with Gasteiger partial charge in [0.2, 0.25) is 0 Å². The Morgan fingerprint density at radius 1 is 1.32 bits per heavy atom. The second kappa shape index (κ2) is 4.87. The number of carbonyl (C=O) groups excluding carboxylic acids is 1. The van der Waals surface area contributed by atoms with Crippen LogP contribution in [0.15, 0.2) is 18.2 Å². The van der Waals surface area contributed by atoms with Gasteiger partial charge in [0.15, 0.2) is 0 Å². The van der Waals surface area contributed by atoms with Crippen LogP contribution in [0.4, 0.5) is 0 Å². The maximum Gasteiger partial charge on any atom is 0.306 e. The van der Waals surface area contributed by atoms with Crippen molar-refractivity contribution in [2.45, 2.75) is 38.0 Å². The van der Waals surface area contributed by atoms with Crippen LogP contribution in [0.5, 0.6) is 5.75 Å². The molecule has 3 aliphatic rings. The fourth-order valence-corrected chi connectivity index (χ4v) is 3.55. The van der Waals surface area contributed by atoms with Gasteiger partial charge in [0.1, 0.15) is 5.75 Å².